The van der Waals surface area contributed by atoms with E-state index in [1.807, 2.05) is 30.3 Å². The molecule has 0 aromatic heterocycles. The maximum atomic E-state index is 12.4. The monoisotopic (exact) mass is 662 g/mol. The molecule has 0 aliphatic carbocycles. The number of ether oxygens (including phenoxy) is 2. The maximum Gasteiger partial charge on any atom is 0.275 e. The molecule has 7 heteroatoms. The van der Waals surface area contributed by atoms with Gasteiger partial charge in [-0.3, -0.25) is 4.79 Å². The van der Waals surface area contributed by atoms with Gasteiger partial charge in [-0.1, -0.05) is 54.6 Å². The first-order valence-electron chi connectivity index (χ1n) is 10.1. The average molecular weight is 662 g/mol. The van der Waals surface area contributed by atoms with Crippen LogP contribution in [0.2, 0.25) is 0 Å². The lowest BCUT2D eigenvalue weighted by Gasteiger charge is -2.13. The van der Waals surface area contributed by atoms with E-state index in [0.29, 0.717) is 17.9 Å². The molecule has 5 nitrogen and oxygen atoms in total. The minimum atomic E-state index is -0.330. The average Bonchev–Trinajstić information content (AvgIpc) is 2.83. The van der Waals surface area contributed by atoms with Gasteiger partial charge in [0.05, 0.1) is 26.0 Å². The predicted octanol–water partition coefficient (Wildman–Crippen LogP) is 6.40. The third-order valence-corrected chi connectivity index (χ3v) is 6.61. The second-order valence-electron chi connectivity index (χ2n) is 7.14. The Labute approximate surface area is 219 Å². The van der Waals surface area contributed by atoms with Crippen LogP contribution in [0.1, 0.15) is 21.5 Å². The minimum Gasteiger partial charge on any atom is -0.496 e. The number of carbonyl (C=O) groups excluding carboxylic acids is 1. The molecular weight excluding hydrogens is 642 g/mol. The van der Waals surface area contributed by atoms with Crippen LogP contribution in [-0.4, -0.2) is 19.2 Å². The van der Waals surface area contributed by atoms with Gasteiger partial charge in [0, 0.05) is 0 Å². The summed E-state index contributed by atoms with van der Waals surface area (Å²) in [5, 5.41) is 6.50. The molecule has 1 N–H and O–H groups in total. The third kappa shape index (κ3) is 5.64. The first-order valence-corrected chi connectivity index (χ1v) is 12.3. The van der Waals surface area contributed by atoms with E-state index < -0.39 is 0 Å². The largest absolute Gasteiger partial charge is 0.496 e. The van der Waals surface area contributed by atoms with Gasteiger partial charge < -0.3 is 9.47 Å². The Morgan fingerprint density at radius 2 is 1.67 bits per heavy atom. The van der Waals surface area contributed by atoms with Gasteiger partial charge >= 0.3 is 0 Å². The van der Waals surface area contributed by atoms with Crippen LogP contribution in [0.25, 0.3) is 10.8 Å². The van der Waals surface area contributed by atoms with Crippen LogP contribution in [0.4, 0.5) is 0 Å². The topological polar surface area (TPSA) is 59.9 Å². The smallest absolute Gasteiger partial charge is 0.275 e. The lowest BCUT2D eigenvalue weighted by Crippen LogP contribution is -2.18. The van der Waals surface area contributed by atoms with Crippen LogP contribution in [0.15, 0.2) is 84.0 Å². The summed E-state index contributed by atoms with van der Waals surface area (Å²) in [6.07, 6.45) is 1.62. The second-order valence-corrected chi connectivity index (χ2v) is 9.46. The number of methoxy groups -OCH3 is 1. The number of hydrogen-bond donors (Lipinski definition) is 1. The zero-order chi connectivity index (χ0) is 23.2. The Kier molecular flexibility index (Phi) is 7.81. The van der Waals surface area contributed by atoms with Gasteiger partial charge in [0.2, 0.25) is 0 Å². The molecule has 0 atom stereocenters. The van der Waals surface area contributed by atoms with Crippen LogP contribution in [0.5, 0.6) is 11.5 Å². The summed E-state index contributed by atoms with van der Waals surface area (Å²) in [5.74, 6) is 1.00. The maximum absolute atomic E-state index is 12.4. The van der Waals surface area contributed by atoms with E-state index in [4.69, 9.17) is 9.47 Å². The lowest BCUT2D eigenvalue weighted by molar-refractivity contribution is 0.0952. The van der Waals surface area contributed by atoms with E-state index >= 15 is 0 Å². The first-order chi connectivity index (χ1) is 16.1. The van der Waals surface area contributed by atoms with Gasteiger partial charge in [0.25, 0.3) is 5.91 Å². The molecular formula is C26H20I2N2O3. The van der Waals surface area contributed by atoms with E-state index in [1.54, 1.807) is 24.4 Å². The Balaban J connectivity index is 1.45. The molecule has 0 aliphatic heterocycles. The highest BCUT2D eigenvalue weighted by molar-refractivity contribution is 14.1. The van der Waals surface area contributed by atoms with Crippen molar-refractivity contribution in [2.75, 3.05) is 7.11 Å². The SMILES string of the molecule is COc1ccccc1C(=O)N/N=C\c1cc(I)c(OCc2cccc3ccccc23)c(I)c1. The standard InChI is InChI=1S/C26H20I2N2O3/c1-32-24-12-5-4-11-21(24)26(31)30-29-15-17-13-22(27)25(23(28)14-17)33-16-19-9-6-8-18-7-2-3-10-20(18)19/h2-15H,16H2,1H3,(H,30,31)/b29-15-. The molecule has 0 unspecified atom stereocenters. The van der Waals surface area contributed by atoms with Crippen LogP contribution >= 0.6 is 45.2 Å². The highest BCUT2D eigenvalue weighted by Crippen LogP contribution is 2.30. The van der Waals surface area contributed by atoms with Crippen molar-refractivity contribution in [3.05, 3.63) is 103 Å². The molecule has 0 saturated carbocycles. The van der Waals surface area contributed by atoms with Gasteiger partial charge in [-0.25, -0.2) is 5.43 Å². The van der Waals surface area contributed by atoms with Crippen molar-refractivity contribution in [3.63, 3.8) is 0 Å². The Hall–Kier alpha value is -2.66. The number of hydrazone groups is 1. The number of hydrogen-bond acceptors (Lipinski definition) is 4. The van der Waals surface area contributed by atoms with Gasteiger partial charge in [-0.2, -0.15) is 5.10 Å². The zero-order valence-corrected chi connectivity index (χ0v) is 22.0. The Bertz CT molecular complexity index is 1310. The molecule has 0 aliphatic rings. The van der Waals surface area contributed by atoms with Crippen LogP contribution in [-0.2, 0) is 6.61 Å². The first kappa shape index (κ1) is 23.5. The molecule has 33 heavy (non-hydrogen) atoms. The van der Waals surface area contributed by atoms with Crippen molar-refractivity contribution in [1.29, 1.82) is 0 Å². The molecule has 0 saturated heterocycles. The van der Waals surface area contributed by atoms with Gasteiger partial charge in [0.15, 0.2) is 0 Å². The van der Waals surface area contributed by atoms with Crippen LogP contribution < -0.4 is 14.9 Å². The number of halogens is 2. The second kappa shape index (κ2) is 11.0. The number of carbonyl (C=O) groups is 1. The van der Waals surface area contributed by atoms with Crippen molar-refractivity contribution in [3.8, 4) is 11.5 Å². The van der Waals surface area contributed by atoms with E-state index in [-0.39, 0.29) is 5.91 Å². The van der Waals surface area contributed by atoms with Crippen LogP contribution in [0, 0.1) is 7.14 Å². The normalized spacial score (nSPS) is 11.0. The molecule has 4 aromatic carbocycles. The van der Waals surface area contributed by atoms with E-state index in [2.05, 4.69) is 86.0 Å². The van der Waals surface area contributed by atoms with Crippen LogP contribution in [0.3, 0.4) is 0 Å². The number of fused-ring (bicyclic) bond motifs is 1. The molecule has 0 bridgehead atoms. The van der Waals surface area contributed by atoms with Crippen molar-refractivity contribution >= 4 is 68.1 Å². The third-order valence-electron chi connectivity index (χ3n) is 5.00. The Morgan fingerprint density at radius 3 is 2.45 bits per heavy atom. The van der Waals surface area contributed by atoms with Gasteiger partial charge in [-0.15, -0.1) is 0 Å². The summed E-state index contributed by atoms with van der Waals surface area (Å²) in [5.41, 5.74) is 4.99. The molecule has 0 heterocycles. The number of rotatable bonds is 7. The van der Waals surface area contributed by atoms with Crippen molar-refractivity contribution in [2.45, 2.75) is 6.61 Å². The van der Waals surface area contributed by atoms with E-state index in [1.165, 1.54) is 17.9 Å². The zero-order valence-electron chi connectivity index (χ0n) is 17.7. The summed E-state index contributed by atoms with van der Waals surface area (Å²) >= 11 is 4.52. The molecule has 0 fully saturated rings. The fraction of sp³-hybridized carbons (Fsp3) is 0.0769. The molecule has 4 aromatic rings. The minimum absolute atomic E-state index is 0.330. The van der Waals surface area contributed by atoms with Crippen molar-refractivity contribution in [2.24, 2.45) is 5.10 Å². The number of nitrogens with one attached hydrogen (secondary N) is 1. The number of amides is 1. The highest BCUT2D eigenvalue weighted by atomic mass is 127. The molecule has 0 spiro atoms. The van der Waals surface area contributed by atoms with E-state index in [9.17, 15) is 4.79 Å². The predicted molar refractivity (Wildman–Crippen MR) is 148 cm³/mol. The summed E-state index contributed by atoms with van der Waals surface area (Å²) in [7, 11) is 1.53. The van der Waals surface area contributed by atoms with Gasteiger partial charge in [0.1, 0.15) is 18.1 Å². The molecule has 0 radical (unpaired) electrons. The molecule has 1 amide bonds. The molecule has 166 valence electrons. The highest BCUT2D eigenvalue weighted by Gasteiger charge is 2.12. The van der Waals surface area contributed by atoms with E-state index in [0.717, 1.165) is 24.0 Å². The summed E-state index contributed by atoms with van der Waals surface area (Å²) in [6, 6.07) is 25.5. The summed E-state index contributed by atoms with van der Waals surface area (Å²) in [4.78, 5) is 12.4. The number of benzene rings is 4. The van der Waals surface area contributed by atoms with Gasteiger partial charge in [-0.05, 0) is 91.3 Å². The van der Waals surface area contributed by atoms with Crippen molar-refractivity contribution < 1.29 is 14.3 Å². The summed E-state index contributed by atoms with van der Waals surface area (Å²) in [6.45, 7) is 0.482. The van der Waals surface area contributed by atoms with Crippen molar-refractivity contribution in [1.82, 2.24) is 5.43 Å². The number of para-hydroxylation sites is 1. The quantitative estimate of drug-likeness (QED) is 0.142. The fourth-order valence-electron chi connectivity index (χ4n) is 3.42. The fourth-order valence-corrected chi connectivity index (χ4v) is 5.55. The molecule has 4 rings (SSSR count). The lowest BCUT2D eigenvalue weighted by atomic mass is 10.1. The summed E-state index contributed by atoms with van der Waals surface area (Å²) < 4.78 is 13.4. The Morgan fingerprint density at radius 1 is 0.970 bits per heavy atom. The number of nitrogens with zero attached hydrogens (tertiary/aromatic N) is 1.